The molecule has 8 heteroatoms. The molecular weight excluding hydrogens is 428 g/mol. The number of rotatable bonds is 6. The Morgan fingerprint density at radius 1 is 1.12 bits per heavy atom. The number of anilines is 3. The van der Waals surface area contributed by atoms with E-state index in [1.807, 2.05) is 43.2 Å². The van der Waals surface area contributed by atoms with Crippen molar-refractivity contribution >= 4 is 23.2 Å². The Bertz CT molecular complexity index is 1040. The number of fused-ring (bicyclic) bond motifs is 1. The number of nitrogens with two attached hydrogens (primary N) is 1. The molecule has 4 N–H and O–H groups in total. The summed E-state index contributed by atoms with van der Waals surface area (Å²) in [5, 5.41) is 13.7. The highest BCUT2D eigenvalue weighted by Gasteiger charge is 2.29. The molecule has 0 saturated carbocycles. The van der Waals surface area contributed by atoms with Crippen LogP contribution in [0.15, 0.2) is 42.3 Å². The normalized spacial score (nSPS) is 19.1. The third-order valence-electron chi connectivity index (χ3n) is 6.79. The van der Waals surface area contributed by atoms with Crippen LogP contribution in [0.4, 0.5) is 17.3 Å². The summed E-state index contributed by atoms with van der Waals surface area (Å²) < 4.78 is 0. The maximum atomic E-state index is 12.5. The van der Waals surface area contributed by atoms with Crippen LogP contribution >= 0.6 is 0 Å². The van der Waals surface area contributed by atoms with Crippen molar-refractivity contribution in [1.29, 1.82) is 0 Å². The predicted octanol–water partition coefficient (Wildman–Crippen LogP) is 3.59. The molecule has 0 bridgehead atoms. The Kier molecular flexibility index (Phi) is 7.07. The molecule has 1 aromatic heterocycles. The van der Waals surface area contributed by atoms with Crippen LogP contribution in [-0.2, 0) is 11.2 Å². The minimum absolute atomic E-state index is 0.0442. The van der Waals surface area contributed by atoms with Crippen molar-refractivity contribution in [3.05, 3.63) is 53.6 Å². The summed E-state index contributed by atoms with van der Waals surface area (Å²) in [5.74, 6) is 1.25. The Morgan fingerprint density at radius 3 is 2.41 bits per heavy atom. The summed E-state index contributed by atoms with van der Waals surface area (Å²) in [4.78, 5) is 25.9. The van der Waals surface area contributed by atoms with E-state index in [-0.39, 0.29) is 23.7 Å². The average molecular weight is 465 g/mol. The molecule has 1 amide bonds. The first-order valence-electron chi connectivity index (χ1n) is 12.2. The van der Waals surface area contributed by atoms with Crippen molar-refractivity contribution in [3.63, 3.8) is 0 Å². The molecule has 2 heterocycles. The van der Waals surface area contributed by atoms with Crippen molar-refractivity contribution in [2.75, 3.05) is 36.4 Å². The minimum Gasteiger partial charge on any atom is -0.512 e. The number of hydrogen-bond donors (Lipinski definition) is 3. The van der Waals surface area contributed by atoms with Gasteiger partial charge >= 0.3 is 0 Å². The third kappa shape index (κ3) is 5.01. The predicted molar refractivity (Wildman–Crippen MR) is 135 cm³/mol. The number of nitrogens with one attached hydrogen (secondary N) is 1. The highest BCUT2D eigenvalue weighted by molar-refractivity contribution is 5.82. The first kappa shape index (κ1) is 24.0. The molecule has 182 valence electrons. The molecule has 4 rings (SSSR count). The summed E-state index contributed by atoms with van der Waals surface area (Å²) in [6.07, 6.45) is 4.36. The van der Waals surface area contributed by atoms with Gasteiger partial charge in [-0.15, -0.1) is 0 Å². The molecule has 1 fully saturated rings. The number of carbonyl (C=O) groups excluding carboxylic acids is 1. The molecule has 2 aromatic rings. The Hall–Kier alpha value is -3.13. The van der Waals surface area contributed by atoms with E-state index in [1.165, 1.54) is 0 Å². The number of carbonyl (C=O) groups is 1. The van der Waals surface area contributed by atoms with Crippen LogP contribution in [0.3, 0.4) is 0 Å². The molecule has 8 nitrogen and oxygen atoms in total. The van der Waals surface area contributed by atoms with Gasteiger partial charge in [-0.1, -0.05) is 27.7 Å². The fourth-order valence-corrected chi connectivity index (χ4v) is 4.61. The van der Waals surface area contributed by atoms with Crippen LogP contribution in [0.25, 0.3) is 0 Å². The van der Waals surface area contributed by atoms with Crippen LogP contribution in [0.2, 0.25) is 0 Å². The molecule has 2 atom stereocenters. The second kappa shape index (κ2) is 10.0. The van der Waals surface area contributed by atoms with E-state index in [9.17, 15) is 9.90 Å². The van der Waals surface area contributed by atoms with Crippen molar-refractivity contribution in [1.82, 2.24) is 14.9 Å². The summed E-state index contributed by atoms with van der Waals surface area (Å²) in [7, 11) is 0. The molecular formula is C26H36N6O2. The van der Waals surface area contributed by atoms with E-state index in [4.69, 9.17) is 10.7 Å². The topological polar surface area (TPSA) is 108 Å². The smallest absolute Gasteiger partial charge is 0.239 e. The maximum absolute atomic E-state index is 12.5. The van der Waals surface area contributed by atoms with Crippen LogP contribution < -0.4 is 16.0 Å². The lowest BCUT2D eigenvalue weighted by molar-refractivity contribution is -0.133. The van der Waals surface area contributed by atoms with Crippen molar-refractivity contribution in [3.8, 4) is 0 Å². The number of nitrogens with zero attached hydrogens (tertiary/aromatic N) is 4. The summed E-state index contributed by atoms with van der Waals surface area (Å²) in [5.41, 5.74) is 10.0. The SMILES string of the molecule is CC(C)C(N)C(=O)N1CCN(c2ccc(Nc3ncc4c(n3)C(C(C)C)C(O)=CC4)cc2)CC1. The zero-order chi connectivity index (χ0) is 24.4. The van der Waals surface area contributed by atoms with Gasteiger partial charge in [-0.25, -0.2) is 9.97 Å². The zero-order valence-electron chi connectivity index (χ0n) is 20.5. The lowest BCUT2D eigenvalue weighted by Crippen LogP contribution is -2.54. The summed E-state index contributed by atoms with van der Waals surface area (Å²) >= 11 is 0. The van der Waals surface area contributed by atoms with E-state index in [2.05, 4.69) is 41.2 Å². The molecule has 0 spiro atoms. The van der Waals surface area contributed by atoms with Crippen LogP contribution in [0.1, 0.15) is 44.9 Å². The number of aromatic nitrogens is 2. The Balaban J connectivity index is 1.39. The standard InChI is InChI=1S/C26H36N6O2/c1-16(2)22-21(33)10-5-18-15-28-26(30-24(18)22)29-19-6-8-20(9-7-19)31-11-13-32(14-12-31)25(34)23(27)17(3)4/h6-10,15-17,22-23,33H,5,11-14,27H2,1-4H3,(H,28,29,30). The number of aliphatic hydroxyl groups excluding tert-OH is 1. The Labute approximate surface area is 201 Å². The first-order chi connectivity index (χ1) is 16.2. The summed E-state index contributed by atoms with van der Waals surface area (Å²) in [6, 6.07) is 7.75. The van der Waals surface area contributed by atoms with E-state index < -0.39 is 6.04 Å². The van der Waals surface area contributed by atoms with Gasteiger partial charge in [-0.05, 0) is 54.2 Å². The van der Waals surface area contributed by atoms with E-state index in [0.29, 0.717) is 31.2 Å². The number of benzene rings is 1. The van der Waals surface area contributed by atoms with Crippen molar-refractivity contribution in [2.45, 2.75) is 46.1 Å². The van der Waals surface area contributed by atoms with Gasteiger partial charge in [0.2, 0.25) is 11.9 Å². The number of aliphatic hydroxyl groups is 1. The maximum Gasteiger partial charge on any atom is 0.239 e. The number of piperazine rings is 1. The van der Waals surface area contributed by atoms with Crippen molar-refractivity contribution < 1.29 is 9.90 Å². The molecule has 2 aliphatic rings. The fraction of sp³-hybridized carbons (Fsp3) is 0.500. The minimum atomic E-state index is -0.432. The van der Waals surface area contributed by atoms with Gasteiger partial charge in [-0.2, -0.15) is 0 Å². The molecule has 34 heavy (non-hydrogen) atoms. The monoisotopic (exact) mass is 464 g/mol. The Morgan fingerprint density at radius 2 is 1.79 bits per heavy atom. The molecule has 1 saturated heterocycles. The highest BCUT2D eigenvalue weighted by atomic mass is 16.3. The lowest BCUT2D eigenvalue weighted by Gasteiger charge is -2.37. The van der Waals surface area contributed by atoms with Gasteiger partial charge < -0.3 is 26.0 Å². The van der Waals surface area contributed by atoms with E-state index >= 15 is 0 Å². The largest absolute Gasteiger partial charge is 0.512 e. The highest BCUT2D eigenvalue weighted by Crippen LogP contribution is 2.35. The van der Waals surface area contributed by atoms with Crippen LogP contribution in [0.5, 0.6) is 0 Å². The van der Waals surface area contributed by atoms with Gasteiger partial charge in [0.15, 0.2) is 0 Å². The van der Waals surface area contributed by atoms with Crippen LogP contribution in [0, 0.1) is 11.8 Å². The van der Waals surface area contributed by atoms with Crippen LogP contribution in [-0.4, -0.2) is 58.1 Å². The quantitative estimate of drug-likeness (QED) is 0.600. The van der Waals surface area contributed by atoms with Gasteiger partial charge in [0.05, 0.1) is 23.4 Å². The fourth-order valence-electron chi connectivity index (χ4n) is 4.61. The molecule has 2 unspecified atom stereocenters. The summed E-state index contributed by atoms with van der Waals surface area (Å²) in [6.45, 7) is 11.1. The molecule has 1 aromatic carbocycles. The number of allylic oxidation sites excluding steroid dienone is 2. The molecule has 0 radical (unpaired) electrons. The average Bonchev–Trinajstić information content (AvgIpc) is 2.83. The zero-order valence-corrected chi connectivity index (χ0v) is 20.5. The third-order valence-corrected chi connectivity index (χ3v) is 6.79. The van der Waals surface area contributed by atoms with Gasteiger partial charge in [0.1, 0.15) is 0 Å². The lowest BCUT2D eigenvalue weighted by atomic mass is 9.84. The van der Waals surface area contributed by atoms with Gasteiger partial charge in [-0.3, -0.25) is 4.79 Å². The number of hydrogen-bond acceptors (Lipinski definition) is 7. The van der Waals surface area contributed by atoms with E-state index in [0.717, 1.165) is 35.7 Å². The second-order valence-electron chi connectivity index (χ2n) is 9.91. The van der Waals surface area contributed by atoms with Gasteiger partial charge in [0, 0.05) is 43.8 Å². The first-order valence-corrected chi connectivity index (χ1v) is 12.2. The molecule has 1 aliphatic heterocycles. The van der Waals surface area contributed by atoms with Crippen molar-refractivity contribution in [2.24, 2.45) is 17.6 Å². The molecule has 1 aliphatic carbocycles. The number of amides is 1. The van der Waals surface area contributed by atoms with E-state index in [1.54, 1.807) is 0 Å². The van der Waals surface area contributed by atoms with Gasteiger partial charge in [0.25, 0.3) is 0 Å². The second-order valence-corrected chi connectivity index (χ2v) is 9.91.